The molecule has 0 aliphatic rings. The van der Waals surface area contributed by atoms with Gasteiger partial charge in [-0.25, -0.2) is 0 Å². The van der Waals surface area contributed by atoms with Crippen molar-refractivity contribution in [3.05, 3.63) is 48.6 Å². The lowest BCUT2D eigenvalue weighted by atomic mass is 10.0. The van der Waals surface area contributed by atoms with Crippen molar-refractivity contribution in [1.82, 2.24) is 0 Å². The SMILES string of the molecule is CCCCC/C=C\C/C=C\CCCC(CCCCCCCC(=O)O)OC(=O)CCCCCCCCC/C=C\C/C=C\CCCCCC. The van der Waals surface area contributed by atoms with E-state index in [0.717, 1.165) is 83.5 Å². The number of aliphatic carboxylic acids is 1. The van der Waals surface area contributed by atoms with Crippen molar-refractivity contribution >= 4 is 11.9 Å². The molecule has 0 radical (unpaired) electrons. The van der Waals surface area contributed by atoms with Crippen LogP contribution in [0, 0.1) is 0 Å². The Morgan fingerprint density at radius 3 is 1.38 bits per heavy atom. The topological polar surface area (TPSA) is 63.6 Å². The lowest BCUT2D eigenvalue weighted by molar-refractivity contribution is -0.150. The lowest BCUT2D eigenvalue weighted by Crippen LogP contribution is -2.18. The van der Waals surface area contributed by atoms with Gasteiger partial charge in [0.25, 0.3) is 0 Å². The molecule has 0 saturated heterocycles. The monoisotopic (exact) mass is 657 g/mol. The van der Waals surface area contributed by atoms with Gasteiger partial charge in [0.1, 0.15) is 6.10 Å². The Kier molecular flexibility index (Phi) is 36.6. The maximum atomic E-state index is 12.7. The van der Waals surface area contributed by atoms with E-state index < -0.39 is 5.97 Å². The van der Waals surface area contributed by atoms with Gasteiger partial charge in [0, 0.05) is 12.8 Å². The number of esters is 1. The molecular weight excluding hydrogens is 580 g/mol. The zero-order valence-corrected chi connectivity index (χ0v) is 31.1. The van der Waals surface area contributed by atoms with Crippen LogP contribution in [0.5, 0.6) is 0 Å². The molecule has 0 aromatic carbocycles. The number of hydrogen-bond acceptors (Lipinski definition) is 3. The third kappa shape index (κ3) is 38.2. The number of rotatable bonds is 36. The van der Waals surface area contributed by atoms with Crippen LogP contribution in [0.3, 0.4) is 0 Å². The molecule has 0 amide bonds. The van der Waals surface area contributed by atoms with E-state index in [-0.39, 0.29) is 18.5 Å². The molecule has 1 unspecified atom stereocenters. The third-order valence-electron chi connectivity index (χ3n) is 8.77. The first-order valence-corrected chi connectivity index (χ1v) is 20.1. The maximum absolute atomic E-state index is 12.7. The maximum Gasteiger partial charge on any atom is 0.306 e. The van der Waals surface area contributed by atoms with E-state index in [9.17, 15) is 9.59 Å². The van der Waals surface area contributed by atoms with E-state index in [4.69, 9.17) is 9.84 Å². The fourth-order valence-electron chi connectivity index (χ4n) is 5.78. The van der Waals surface area contributed by atoms with Gasteiger partial charge < -0.3 is 9.84 Å². The van der Waals surface area contributed by atoms with E-state index in [1.54, 1.807) is 0 Å². The molecule has 1 atom stereocenters. The van der Waals surface area contributed by atoms with Crippen LogP contribution in [0.4, 0.5) is 0 Å². The number of carbonyl (C=O) groups excluding carboxylic acids is 1. The van der Waals surface area contributed by atoms with E-state index in [2.05, 4.69) is 62.5 Å². The minimum absolute atomic E-state index is 0.00834. The average Bonchev–Trinajstić information content (AvgIpc) is 3.05. The molecule has 0 aliphatic heterocycles. The summed E-state index contributed by atoms with van der Waals surface area (Å²) in [5.74, 6) is -0.738. The van der Waals surface area contributed by atoms with Crippen molar-refractivity contribution in [3.63, 3.8) is 0 Å². The number of carboxylic acids is 1. The number of ether oxygens (including phenoxy) is 1. The zero-order chi connectivity index (χ0) is 34.3. The molecule has 0 aromatic rings. The van der Waals surface area contributed by atoms with Crippen LogP contribution in [-0.2, 0) is 14.3 Å². The molecule has 0 fully saturated rings. The van der Waals surface area contributed by atoms with Gasteiger partial charge in [0.05, 0.1) is 0 Å². The lowest BCUT2D eigenvalue weighted by Gasteiger charge is -2.18. The predicted octanol–water partition coefficient (Wildman–Crippen LogP) is 14.0. The molecule has 272 valence electrons. The molecular formula is C43H76O4. The molecule has 4 nitrogen and oxygen atoms in total. The minimum atomic E-state index is -0.709. The summed E-state index contributed by atoms with van der Waals surface area (Å²) in [4.78, 5) is 23.4. The fraction of sp³-hybridized carbons (Fsp3) is 0.767. The summed E-state index contributed by atoms with van der Waals surface area (Å²) in [6.07, 6.45) is 51.3. The average molecular weight is 657 g/mol. The fourth-order valence-corrected chi connectivity index (χ4v) is 5.78. The number of carbonyl (C=O) groups is 2. The Bertz CT molecular complexity index is 794. The van der Waals surface area contributed by atoms with Crippen molar-refractivity contribution < 1.29 is 19.4 Å². The molecule has 0 spiro atoms. The van der Waals surface area contributed by atoms with E-state index in [0.29, 0.717) is 6.42 Å². The van der Waals surface area contributed by atoms with Crippen LogP contribution in [0.1, 0.15) is 206 Å². The van der Waals surface area contributed by atoms with E-state index >= 15 is 0 Å². The van der Waals surface area contributed by atoms with Gasteiger partial charge in [-0.05, 0) is 96.3 Å². The highest BCUT2D eigenvalue weighted by atomic mass is 16.5. The van der Waals surface area contributed by atoms with E-state index in [1.807, 2.05) is 0 Å². The molecule has 0 aliphatic carbocycles. The van der Waals surface area contributed by atoms with Crippen molar-refractivity contribution in [2.24, 2.45) is 0 Å². The van der Waals surface area contributed by atoms with Gasteiger partial charge in [-0.2, -0.15) is 0 Å². The van der Waals surface area contributed by atoms with Gasteiger partial charge >= 0.3 is 11.9 Å². The van der Waals surface area contributed by atoms with Crippen LogP contribution in [0.15, 0.2) is 48.6 Å². The van der Waals surface area contributed by atoms with Crippen molar-refractivity contribution in [3.8, 4) is 0 Å². The molecule has 0 heterocycles. The van der Waals surface area contributed by atoms with Crippen LogP contribution in [0.2, 0.25) is 0 Å². The van der Waals surface area contributed by atoms with Crippen LogP contribution < -0.4 is 0 Å². The highest BCUT2D eigenvalue weighted by molar-refractivity contribution is 5.69. The van der Waals surface area contributed by atoms with Crippen LogP contribution in [-0.4, -0.2) is 23.1 Å². The number of hydrogen-bond donors (Lipinski definition) is 1. The van der Waals surface area contributed by atoms with Crippen LogP contribution in [0.25, 0.3) is 0 Å². The van der Waals surface area contributed by atoms with Gasteiger partial charge in [0.15, 0.2) is 0 Å². The zero-order valence-electron chi connectivity index (χ0n) is 31.1. The summed E-state index contributed by atoms with van der Waals surface area (Å²) in [6.45, 7) is 4.50. The molecule has 0 bridgehead atoms. The Labute approximate surface area is 292 Å². The van der Waals surface area contributed by atoms with Crippen molar-refractivity contribution in [2.75, 3.05) is 0 Å². The summed E-state index contributed by atoms with van der Waals surface area (Å²) in [5.41, 5.74) is 0. The minimum Gasteiger partial charge on any atom is -0.481 e. The van der Waals surface area contributed by atoms with Crippen LogP contribution >= 0.6 is 0 Å². The highest BCUT2D eigenvalue weighted by Crippen LogP contribution is 2.18. The third-order valence-corrected chi connectivity index (χ3v) is 8.77. The number of carboxylic acid groups (broad SMARTS) is 1. The van der Waals surface area contributed by atoms with Gasteiger partial charge in [-0.1, -0.05) is 146 Å². The van der Waals surface area contributed by atoms with E-state index in [1.165, 1.54) is 96.3 Å². The molecule has 47 heavy (non-hydrogen) atoms. The smallest absolute Gasteiger partial charge is 0.306 e. The molecule has 1 N–H and O–H groups in total. The summed E-state index contributed by atoms with van der Waals surface area (Å²) >= 11 is 0. The second-order valence-corrected chi connectivity index (χ2v) is 13.5. The summed E-state index contributed by atoms with van der Waals surface area (Å²) < 4.78 is 5.97. The van der Waals surface area contributed by atoms with Gasteiger partial charge in [-0.3, -0.25) is 9.59 Å². The van der Waals surface area contributed by atoms with Crippen molar-refractivity contribution in [2.45, 2.75) is 213 Å². The van der Waals surface area contributed by atoms with Gasteiger partial charge in [-0.15, -0.1) is 0 Å². The predicted molar refractivity (Wildman–Crippen MR) is 204 cm³/mol. The Morgan fingerprint density at radius 1 is 0.468 bits per heavy atom. The molecule has 0 rings (SSSR count). The number of unbranched alkanes of at least 4 members (excludes halogenated alkanes) is 19. The second kappa shape index (κ2) is 38.3. The Morgan fingerprint density at radius 2 is 0.851 bits per heavy atom. The molecule has 0 saturated carbocycles. The molecule has 0 aromatic heterocycles. The largest absolute Gasteiger partial charge is 0.481 e. The standard InChI is InChI=1S/C43H76O4/c1-3-5-7-9-11-13-15-16-17-18-19-20-21-23-25-27-32-36-40-43(46)47-41(38-34-30-28-31-35-39-42(44)45)37-33-29-26-24-22-14-12-10-8-6-4-2/h12-15,17-18,24,26,41H,3-11,16,19-23,25,27-40H2,1-2H3,(H,44,45)/b14-12-,15-13-,18-17-,26-24-. The van der Waals surface area contributed by atoms with Crippen molar-refractivity contribution in [1.29, 1.82) is 0 Å². The van der Waals surface area contributed by atoms with Gasteiger partial charge in [0.2, 0.25) is 0 Å². The second-order valence-electron chi connectivity index (χ2n) is 13.5. The number of allylic oxidation sites excluding steroid dienone is 8. The first kappa shape index (κ1) is 44.9. The Hall–Kier alpha value is -2.10. The quantitative estimate of drug-likeness (QED) is 0.0414. The summed E-state index contributed by atoms with van der Waals surface area (Å²) in [5, 5.41) is 8.81. The molecule has 4 heteroatoms. The highest BCUT2D eigenvalue weighted by Gasteiger charge is 2.14. The summed E-state index contributed by atoms with van der Waals surface area (Å²) in [6, 6.07) is 0. The first-order valence-electron chi connectivity index (χ1n) is 20.1. The Balaban J connectivity index is 4.07. The first-order chi connectivity index (χ1) is 23.1. The summed E-state index contributed by atoms with van der Waals surface area (Å²) in [7, 11) is 0. The normalized spacial score (nSPS) is 12.7.